The van der Waals surface area contributed by atoms with Gasteiger partial charge in [-0.25, -0.2) is 0 Å². The largest absolute Gasteiger partial charge is 0.469 e. The van der Waals surface area contributed by atoms with Crippen LogP contribution in [0.2, 0.25) is 0 Å². The van der Waals surface area contributed by atoms with E-state index in [2.05, 4.69) is 59.5 Å². The van der Waals surface area contributed by atoms with Gasteiger partial charge in [0.15, 0.2) is 0 Å². The van der Waals surface area contributed by atoms with Crippen LogP contribution in [-0.4, -0.2) is 25.0 Å². The summed E-state index contributed by atoms with van der Waals surface area (Å²) in [6, 6.07) is 2.33. The Morgan fingerprint density at radius 1 is 1.11 bits per heavy atom. The third kappa shape index (κ3) is 3.76. The summed E-state index contributed by atoms with van der Waals surface area (Å²) in [6.45, 7) is 18.3. The normalized spacial score (nSPS) is 45.6. The smallest absolute Gasteiger partial charge is 0.312 e. The molecule has 3 aliphatic carbocycles. The van der Waals surface area contributed by atoms with E-state index in [1.165, 1.54) is 12.7 Å². The Labute approximate surface area is 218 Å². The molecule has 8 atom stereocenters. The second-order valence-electron chi connectivity index (χ2n) is 14.4. The number of rotatable bonds is 4. The van der Waals surface area contributed by atoms with Crippen LogP contribution in [0.25, 0.3) is 0 Å². The van der Waals surface area contributed by atoms with Gasteiger partial charge in [-0.2, -0.15) is 5.26 Å². The number of amides is 1. The highest BCUT2D eigenvalue weighted by Crippen LogP contribution is 2.71. The van der Waals surface area contributed by atoms with Gasteiger partial charge in [0, 0.05) is 18.9 Å². The zero-order chi connectivity index (χ0) is 26.7. The van der Waals surface area contributed by atoms with Gasteiger partial charge in [0.05, 0.1) is 18.6 Å². The van der Waals surface area contributed by atoms with Crippen molar-refractivity contribution in [2.45, 2.75) is 112 Å². The molecule has 5 nitrogen and oxygen atoms in total. The van der Waals surface area contributed by atoms with Crippen molar-refractivity contribution in [1.82, 2.24) is 5.32 Å². The Hall–Kier alpha value is -1.83. The zero-order valence-corrected chi connectivity index (χ0v) is 23.8. The molecule has 0 aromatic heterocycles. The topological polar surface area (TPSA) is 79.2 Å². The summed E-state index contributed by atoms with van der Waals surface area (Å²) in [4.78, 5) is 27.2. The minimum Gasteiger partial charge on any atom is -0.469 e. The lowest BCUT2D eigenvalue weighted by atomic mass is 9.37. The summed E-state index contributed by atoms with van der Waals surface area (Å²) in [5.41, 5.74) is 0.385. The van der Waals surface area contributed by atoms with Crippen LogP contribution < -0.4 is 5.32 Å². The van der Waals surface area contributed by atoms with Crippen LogP contribution in [0.4, 0.5) is 0 Å². The molecular weight excluding hydrogens is 448 g/mol. The molecule has 0 aromatic carbocycles. The molecule has 0 spiro atoms. The number of nitrogens with one attached hydrogen (secondary N) is 1. The Balaban J connectivity index is 1.86. The lowest BCUT2D eigenvalue weighted by Crippen LogP contribution is -2.67. The van der Waals surface area contributed by atoms with Crippen LogP contribution in [0.5, 0.6) is 0 Å². The molecule has 200 valence electrons. The minimum atomic E-state index is -0.517. The van der Waals surface area contributed by atoms with Crippen molar-refractivity contribution in [2.24, 2.45) is 44.8 Å². The van der Waals surface area contributed by atoms with Gasteiger partial charge in [0.1, 0.15) is 0 Å². The highest BCUT2D eigenvalue weighted by atomic mass is 16.5. The van der Waals surface area contributed by atoms with E-state index in [9.17, 15) is 14.9 Å². The third-order valence-corrected chi connectivity index (χ3v) is 12.2. The number of ether oxygens (including phenoxy) is 1. The molecule has 0 radical (unpaired) electrons. The van der Waals surface area contributed by atoms with Crippen LogP contribution in [0.3, 0.4) is 0 Å². The zero-order valence-electron chi connectivity index (χ0n) is 23.8. The van der Waals surface area contributed by atoms with Crippen molar-refractivity contribution in [2.75, 3.05) is 7.11 Å². The molecule has 0 unspecified atom stereocenters. The van der Waals surface area contributed by atoms with E-state index in [-0.39, 0.29) is 51.4 Å². The number of hydrogen-bond donors (Lipinski definition) is 1. The quantitative estimate of drug-likeness (QED) is 0.352. The summed E-state index contributed by atoms with van der Waals surface area (Å²) in [7, 11) is 1.52. The first-order valence-corrected chi connectivity index (χ1v) is 14.1. The SMILES string of the molecule is C=C(C)[C@@H]1CC[C@]2(C)[C@H](CC(=O)N[C@@H]3[C@@H]4CC(C)(C)CC[C@]4(C(=O)OC)CC[C@]32C)[C@@]1(C)CCC#N. The minimum absolute atomic E-state index is 0.0611. The van der Waals surface area contributed by atoms with Crippen molar-refractivity contribution in [3.05, 3.63) is 12.2 Å². The van der Waals surface area contributed by atoms with E-state index < -0.39 is 5.41 Å². The van der Waals surface area contributed by atoms with Crippen LogP contribution in [0, 0.1) is 56.2 Å². The van der Waals surface area contributed by atoms with Crippen molar-refractivity contribution in [3.8, 4) is 6.07 Å². The Morgan fingerprint density at radius 3 is 2.39 bits per heavy atom. The highest BCUT2D eigenvalue weighted by Gasteiger charge is 2.69. The number of carbonyl (C=O) groups is 2. The van der Waals surface area contributed by atoms with Gasteiger partial charge in [-0.05, 0) is 97.7 Å². The van der Waals surface area contributed by atoms with Gasteiger partial charge >= 0.3 is 5.97 Å². The van der Waals surface area contributed by atoms with E-state index in [1.54, 1.807) is 0 Å². The van der Waals surface area contributed by atoms with Crippen molar-refractivity contribution >= 4 is 11.9 Å². The molecule has 1 saturated heterocycles. The van der Waals surface area contributed by atoms with Crippen LogP contribution in [-0.2, 0) is 14.3 Å². The van der Waals surface area contributed by atoms with Gasteiger partial charge in [-0.15, -0.1) is 0 Å². The lowest BCUT2D eigenvalue weighted by Gasteiger charge is -2.67. The monoisotopic (exact) mass is 496 g/mol. The maximum atomic E-state index is 13.8. The van der Waals surface area contributed by atoms with Gasteiger partial charge < -0.3 is 10.1 Å². The Kier molecular flexibility index (Phi) is 6.71. The van der Waals surface area contributed by atoms with Crippen molar-refractivity contribution in [3.63, 3.8) is 0 Å². The molecule has 0 bridgehead atoms. The first kappa shape index (κ1) is 27.2. The van der Waals surface area contributed by atoms with Gasteiger partial charge in [0.2, 0.25) is 5.91 Å². The van der Waals surface area contributed by atoms with E-state index in [4.69, 9.17) is 4.74 Å². The molecule has 36 heavy (non-hydrogen) atoms. The average Bonchev–Trinajstić information content (AvgIpc) is 2.90. The van der Waals surface area contributed by atoms with Crippen LogP contribution >= 0.6 is 0 Å². The molecule has 1 aliphatic heterocycles. The average molecular weight is 497 g/mol. The molecule has 5 heteroatoms. The first-order chi connectivity index (χ1) is 16.7. The number of esters is 1. The molecule has 4 rings (SSSR count). The Morgan fingerprint density at radius 2 is 1.78 bits per heavy atom. The van der Waals surface area contributed by atoms with E-state index in [1.807, 2.05) is 0 Å². The van der Waals surface area contributed by atoms with E-state index in [0.29, 0.717) is 18.8 Å². The summed E-state index contributed by atoms with van der Waals surface area (Å²) in [6.07, 6.45) is 8.33. The maximum absolute atomic E-state index is 13.8. The number of carbonyl (C=O) groups excluding carboxylic acids is 2. The molecule has 1 amide bonds. The number of nitriles is 1. The van der Waals surface area contributed by atoms with Gasteiger partial charge in [0.25, 0.3) is 0 Å². The standard InChI is InChI=1S/C31H48N2O3/c1-20(2)21-10-12-29(6)23(28(21,5)11-9-17-32)18-24(34)33-25-22-19-27(3,4)13-15-31(22,26(35)36-8)16-14-30(25,29)7/h21-23,25H,1,9-16,18-19H2,2-8H3,(H,33,34)/t21-,22-,23+,25+,28-,29+,30+,31-/m0/s1. The Bertz CT molecular complexity index is 981. The molecule has 0 aromatic rings. The molecule has 4 aliphatic rings. The highest BCUT2D eigenvalue weighted by molar-refractivity contribution is 5.80. The second-order valence-corrected chi connectivity index (χ2v) is 14.4. The van der Waals surface area contributed by atoms with Gasteiger partial charge in [-0.1, -0.05) is 46.8 Å². The molecule has 3 saturated carbocycles. The maximum Gasteiger partial charge on any atom is 0.312 e. The van der Waals surface area contributed by atoms with Crippen LogP contribution in [0.15, 0.2) is 12.2 Å². The fourth-order valence-corrected chi connectivity index (χ4v) is 9.89. The first-order valence-electron chi connectivity index (χ1n) is 14.1. The number of hydrogen-bond acceptors (Lipinski definition) is 4. The predicted octanol–water partition coefficient (Wildman–Crippen LogP) is 6.58. The predicted molar refractivity (Wildman–Crippen MR) is 142 cm³/mol. The summed E-state index contributed by atoms with van der Waals surface area (Å²) >= 11 is 0. The summed E-state index contributed by atoms with van der Waals surface area (Å²) in [5.74, 6) is 0.551. The molecule has 1 N–H and O–H groups in total. The number of methoxy groups -OCH3 is 1. The summed E-state index contributed by atoms with van der Waals surface area (Å²) in [5, 5.41) is 13.1. The summed E-state index contributed by atoms with van der Waals surface area (Å²) < 4.78 is 5.45. The number of nitrogens with zero attached hydrogens (tertiary/aromatic N) is 1. The fourth-order valence-electron chi connectivity index (χ4n) is 9.89. The second kappa shape index (κ2) is 8.88. The number of fused-ring (bicyclic) bond motifs is 5. The molecule has 4 fully saturated rings. The number of allylic oxidation sites excluding steroid dienone is 1. The lowest BCUT2D eigenvalue weighted by molar-refractivity contribution is -0.191. The van der Waals surface area contributed by atoms with Crippen LogP contribution in [0.1, 0.15) is 106 Å². The van der Waals surface area contributed by atoms with Gasteiger partial charge in [-0.3, -0.25) is 9.59 Å². The van der Waals surface area contributed by atoms with E-state index >= 15 is 0 Å². The van der Waals surface area contributed by atoms with Crippen molar-refractivity contribution in [1.29, 1.82) is 5.26 Å². The third-order valence-electron chi connectivity index (χ3n) is 12.2. The molecule has 1 heterocycles. The molecular formula is C31H48N2O3. The fraction of sp³-hybridized carbons (Fsp3) is 0.839. The van der Waals surface area contributed by atoms with Crippen molar-refractivity contribution < 1.29 is 14.3 Å². The van der Waals surface area contributed by atoms with E-state index in [0.717, 1.165) is 51.4 Å².